The van der Waals surface area contributed by atoms with Gasteiger partial charge in [0.25, 0.3) is 0 Å². The van der Waals surface area contributed by atoms with E-state index in [2.05, 4.69) is 219 Å². The molecule has 0 saturated carbocycles. The van der Waals surface area contributed by atoms with Gasteiger partial charge in [0.15, 0.2) is 0 Å². The molecule has 0 radical (unpaired) electrons. The Morgan fingerprint density at radius 1 is 0.370 bits per heavy atom. The smallest absolute Gasteiger partial charge is 0.0540 e. The largest absolute Gasteiger partial charge is 0.310 e. The number of benzene rings is 9. The molecule has 10 rings (SSSR count). The van der Waals surface area contributed by atoms with Gasteiger partial charge in [0.1, 0.15) is 0 Å². The molecule has 0 unspecified atom stereocenters. The van der Waals surface area contributed by atoms with Crippen LogP contribution in [0.1, 0.15) is 25.0 Å². The van der Waals surface area contributed by atoms with Crippen LogP contribution in [0.2, 0.25) is 0 Å². The van der Waals surface area contributed by atoms with E-state index < -0.39 is 0 Å². The van der Waals surface area contributed by atoms with Crippen LogP contribution in [0.4, 0.5) is 17.1 Å². The fraction of sp³-hybridized carbons (Fsp3) is 0.0566. The summed E-state index contributed by atoms with van der Waals surface area (Å²) in [5.74, 6) is 0. The lowest BCUT2D eigenvalue weighted by molar-refractivity contribution is 0.661. The van der Waals surface area contributed by atoms with E-state index >= 15 is 0 Å². The SMILES string of the molecule is CC1(C)c2ccc3ccccc3c2-c2cccc(N(c3ccc(-c4cccc5cccc(-c6ccccc6)c45)cc3)c3ccccc3-c3ccccc3)c21. The Kier molecular flexibility index (Phi) is 7.56. The first-order chi connectivity index (χ1) is 26.6. The Bertz CT molecular complexity index is 2830. The van der Waals surface area contributed by atoms with Crippen LogP contribution in [0.5, 0.6) is 0 Å². The first kappa shape index (κ1) is 32.0. The minimum absolute atomic E-state index is 0.220. The van der Waals surface area contributed by atoms with Gasteiger partial charge >= 0.3 is 0 Å². The Hall–Kier alpha value is -6.70. The van der Waals surface area contributed by atoms with Gasteiger partial charge in [-0.25, -0.2) is 0 Å². The van der Waals surface area contributed by atoms with Crippen molar-refractivity contribution in [1.82, 2.24) is 0 Å². The molecule has 1 nitrogen and oxygen atoms in total. The maximum Gasteiger partial charge on any atom is 0.0540 e. The topological polar surface area (TPSA) is 3.24 Å². The van der Waals surface area contributed by atoms with Crippen molar-refractivity contribution in [3.63, 3.8) is 0 Å². The normalized spacial score (nSPS) is 12.8. The summed E-state index contributed by atoms with van der Waals surface area (Å²) in [4.78, 5) is 2.50. The van der Waals surface area contributed by atoms with E-state index in [0.717, 1.165) is 11.4 Å². The van der Waals surface area contributed by atoms with E-state index in [0.29, 0.717) is 0 Å². The Labute approximate surface area is 317 Å². The monoisotopic (exact) mass is 689 g/mol. The highest BCUT2D eigenvalue weighted by Gasteiger charge is 2.40. The minimum atomic E-state index is -0.220. The number of hydrogen-bond acceptors (Lipinski definition) is 1. The van der Waals surface area contributed by atoms with Gasteiger partial charge in [0.05, 0.1) is 11.4 Å². The molecule has 1 aliphatic rings. The number of anilines is 3. The van der Waals surface area contributed by atoms with Crippen LogP contribution in [0.15, 0.2) is 200 Å². The fourth-order valence-electron chi connectivity index (χ4n) is 8.98. The summed E-state index contributed by atoms with van der Waals surface area (Å²) in [6, 6.07) is 73.3. The molecule has 9 aromatic rings. The quantitative estimate of drug-likeness (QED) is 0.168. The molecule has 0 saturated heterocycles. The molecule has 0 bridgehead atoms. The zero-order valence-electron chi connectivity index (χ0n) is 30.5. The summed E-state index contributed by atoms with van der Waals surface area (Å²) < 4.78 is 0. The third-order valence-corrected chi connectivity index (χ3v) is 11.4. The van der Waals surface area contributed by atoms with Crippen LogP contribution in [0.3, 0.4) is 0 Å². The van der Waals surface area contributed by atoms with Crippen LogP contribution < -0.4 is 4.90 Å². The van der Waals surface area contributed by atoms with Crippen molar-refractivity contribution in [2.45, 2.75) is 19.3 Å². The van der Waals surface area contributed by atoms with Gasteiger partial charge in [-0.15, -0.1) is 0 Å². The van der Waals surface area contributed by atoms with Crippen molar-refractivity contribution in [3.05, 3.63) is 211 Å². The molecule has 1 aliphatic carbocycles. The first-order valence-electron chi connectivity index (χ1n) is 18.9. The third kappa shape index (κ3) is 5.08. The molecular weight excluding hydrogens is 651 g/mol. The maximum absolute atomic E-state index is 2.50. The van der Waals surface area contributed by atoms with Crippen LogP contribution in [-0.2, 0) is 5.41 Å². The van der Waals surface area contributed by atoms with Gasteiger partial charge in [-0.3, -0.25) is 0 Å². The van der Waals surface area contributed by atoms with Crippen molar-refractivity contribution < 1.29 is 0 Å². The highest BCUT2D eigenvalue weighted by Crippen LogP contribution is 2.56. The van der Waals surface area contributed by atoms with E-state index in [1.54, 1.807) is 0 Å². The van der Waals surface area contributed by atoms with Crippen LogP contribution in [0.25, 0.3) is 66.1 Å². The summed E-state index contributed by atoms with van der Waals surface area (Å²) >= 11 is 0. The van der Waals surface area contributed by atoms with Crippen LogP contribution in [0, 0.1) is 0 Å². The summed E-state index contributed by atoms with van der Waals surface area (Å²) in [6.45, 7) is 4.79. The minimum Gasteiger partial charge on any atom is -0.310 e. The van der Waals surface area contributed by atoms with Gasteiger partial charge < -0.3 is 4.90 Å². The zero-order valence-corrected chi connectivity index (χ0v) is 30.5. The zero-order chi connectivity index (χ0) is 36.2. The average molecular weight is 690 g/mol. The van der Waals surface area contributed by atoms with E-state index in [4.69, 9.17) is 0 Å². The molecule has 1 heteroatoms. The van der Waals surface area contributed by atoms with Crippen molar-refractivity contribution in [3.8, 4) is 44.5 Å². The second-order valence-electron chi connectivity index (χ2n) is 14.9. The molecule has 0 heterocycles. The van der Waals surface area contributed by atoms with E-state index in [1.165, 1.54) is 82.9 Å². The average Bonchev–Trinajstić information content (AvgIpc) is 3.48. The van der Waals surface area contributed by atoms with E-state index in [1.807, 2.05) is 0 Å². The van der Waals surface area contributed by atoms with Crippen molar-refractivity contribution in [2.75, 3.05) is 4.90 Å². The standard InChI is InChI=1S/C53H39N/c1-53(2)47-35-32-38-20-9-10-24-45(38)51(47)46-27-15-29-49(52(46)53)54(48-28-12-11-23-42(48)36-16-5-3-6-17-36)41-33-30-39(31-34-41)44-26-14-22-40-21-13-25-43(50(40)44)37-18-7-4-8-19-37/h3-35H,1-2H3. The molecule has 0 spiro atoms. The molecular formula is C53H39N. The lowest BCUT2D eigenvalue weighted by Gasteiger charge is -2.33. The predicted octanol–water partition coefficient (Wildman–Crippen LogP) is 14.8. The summed E-state index contributed by atoms with van der Waals surface area (Å²) in [5, 5.41) is 5.10. The van der Waals surface area contributed by atoms with Crippen LogP contribution >= 0.6 is 0 Å². The van der Waals surface area contributed by atoms with Gasteiger partial charge in [-0.2, -0.15) is 0 Å². The summed E-state index contributed by atoms with van der Waals surface area (Å²) in [7, 11) is 0. The summed E-state index contributed by atoms with van der Waals surface area (Å²) in [6.07, 6.45) is 0. The third-order valence-electron chi connectivity index (χ3n) is 11.4. The van der Waals surface area contributed by atoms with Gasteiger partial charge in [0, 0.05) is 16.7 Å². The van der Waals surface area contributed by atoms with Crippen LogP contribution in [-0.4, -0.2) is 0 Å². The second-order valence-corrected chi connectivity index (χ2v) is 14.9. The highest BCUT2D eigenvalue weighted by atomic mass is 15.1. The first-order valence-corrected chi connectivity index (χ1v) is 18.9. The molecule has 256 valence electrons. The number of nitrogens with zero attached hydrogens (tertiary/aromatic N) is 1. The predicted molar refractivity (Wildman–Crippen MR) is 230 cm³/mol. The molecule has 0 amide bonds. The van der Waals surface area contributed by atoms with Gasteiger partial charge in [-0.1, -0.05) is 190 Å². The highest BCUT2D eigenvalue weighted by molar-refractivity contribution is 6.07. The van der Waals surface area contributed by atoms with E-state index in [9.17, 15) is 0 Å². The molecule has 0 N–H and O–H groups in total. The lowest BCUT2D eigenvalue weighted by Crippen LogP contribution is -2.21. The summed E-state index contributed by atoms with van der Waals surface area (Å²) in [5.41, 5.74) is 15.9. The molecule has 54 heavy (non-hydrogen) atoms. The maximum atomic E-state index is 2.50. The van der Waals surface area contributed by atoms with E-state index in [-0.39, 0.29) is 5.41 Å². The second kappa shape index (κ2) is 12.8. The van der Waals surface area contributed by atoms with Crippen molar-refractivity contribution in [2.24, 2.45) is 0 Å². The van der Waals surface area contributed by atoms with Crippen molar-refractivity contribution in [1.29, 1.82) is 0 Å². The number of fused-ring (bicyclic) bond motifs is 6. The molecule has 9 aromatic carbocycles. The van der Waals surface area contributed by atoms with Gasteiger partial charge in [0.2, 0.25) is 0 Å². The Morgan fingerprint density at radius 3 is 1.61 bits per heavy atom. The molecule has 0 fully saturated rings. The van der Waals surface area contributed by atoms with Crippen molar-refractivity contribution >= 4 is 38.6 Å². The Balaban J connectivity index is 1.19. The number of hydrogen-bond donors (Lipinski definition) is 0. The number of para-hydroxylation sites is 1. The molecule has 0 atom stereocenters. The lowest BCUT2D eigenvalue weighted by atomic mass is 9.80. The fourth-order valence-corrected chi connectivity index (χ4v) is 8.98. The number of rotatable bonds is 6. The molecule has 0 aromatic heterocycles. The Morgan fingerprint density at radius 2 is 0.889 bits per heavy atom. The molecule has 0 aliphatic heterocycles. The van der Waals surface area contributed by atoms with Gasteiger partial charge in [-0.05, 0) is 95.9 Å².